The Morgan fingerprint density at radius 1 is 0.833 bits per heavy atom. The van der Waals surface area contributed by atoms with Crippen LogP contribution in [0.3, 0.4) is 0 Å². The van der Waals surface area contributed by atoms with Crippen molar-refractivity contribution in [1.82, 2.24) is 0 Å². The van der Waals surface area contributed by atoms with E-state index in [1.54, 1.807) is 0 Å². The van der Waals surface area contributed by atoms with Gasteiger partial charge < -0.3 is 0 Å². The summed E-state index contributed by atoms with van der Waals surface area (Å²) in [4.78, 5) is 0. The molecule has 0 saturated carbocycles. The van der Waals surface area contributed by atoms with Gasteiger partial charge >= 0.3 is 130 Å². The molecule has 0 fully saturated rings. The van der Waals surface area contributed by atoms with Gasteiger partial charge in [0, 0.05) is 0 Å². The molecular formula is AuBr4Cs. The van der Waals surface area contributed by atoms with Gasteiger partial charge in [-0.05, 0) is 0 Å². The Morgan fingerprint density at radius 2 is 0.833 bits per heavy atom. The second kappa shape index (κ2) is 6.42. The van der Waals surface area contributed by atoms with Crippen LogP contribution in [-0.4, -0.2) is 0 Å². The molecule has 0 nitrogen and oxygen atoms in total. The molecule has 0 aromatic heterocycles. The van der Waals surface area contributed by atoms with Gasteiger partial charge in [-0.25, -0.2) is 0 Å². The maximum Gasteiger partial charge on any atom is 1.00 e. The first-order valence-electron chi connectivity index (χ1n) is 0.456. The van der Waals surface area contributed by atoms with Crippen LogP contribution >= 0.6 is 52.1 Å². The maximum atomic E-state index is 3.30. The fourth-order valence-electron chi connectivity index (χ4n) is 0. The summed E-state index contributed by atoms with van der Waals surface area (Å²) < 4.78 is 0. The molecule has 0 aromatic rings. The van der Waals surface area contributed by atoms with Crippen molar-refractivity contribution in [3.05, 3.63) is 0 Å². The van der Waals surface area contributed by atoms with E-state index in [0.29, 0.717) is 0 Å². The molecule has 0 bridgehead atoms. The summed E-state index contributed by atoms with van der Waals surface area (Å²) in [6, 6.07) is 0. The second-order valence-corrected chi connectivity index (χ2v) is 57.1. The summed E-state index contributed by atoms with van der Waals surface area (Å²) in [5.74, 6) is 0. The maximum absolute atomic E-state index is 3.30. The molecule has 6 heavy (non-hydrogen) atoms. The van der Waals surface area contributed by atoms with Crippen LogP contribution in [0.5, 0.6) is 0 Å². The van der Waals surface area contributed by atoms with E-state index in [1.807, 2.05) is 0 Å². The first kappa shape index (κ1) is 13.3. The van der Waals surface area contributed by atoms with Crippen LogP contribution < -0.4 is 68.9 Å². The summed E-state index contributed by atoms with van der Waals surface area (Å²) in [6.45, 7) is 0. The molecular weight excluding hydrogens is 649 g/mol. The van der Waals surface area contributed by atoms with Gasteiger partial charge in [0.05, 0.1) is 0 Å². The molecule has 0 aliphatic heterocycles. The molecule has 0 atom stereocenters. The van der Waals surface area contributed by atoms with Crippen molar-refractivity contribution in [2.75, 3.05) is 0 Å². The molecule has 0 aliphatic carbocycles. The predicted octanol–water partition coefficient (Wildman–Crippen LogP) is 0.384. The Bertz CT molecular complexity index is 23.0. The van der Waals surface area contributed by atoms with Gasteiger partial charge in [-0.15, -0.1) is 0 Å². The quantitative estimate of drug-likeness (QED) is 0.334. The van der Waals surface area contributed by atoms with Crippen LogP contribution in [0.25, 0.3) is 0 Å². The zero-order chi connectivity index (χ0) is 4.50. The minimum absolute atomic E-state index is 0. The summed E-state index contributed by atoms with van der Waals surface area (Å²) in [6.07, 6.45) is 0. The molecule has 0 heterocycles. The molecule has 0 saturated heterocycles. The molecule has 0 aromatic carbocycles. The van der Waals surface area contributed by atoms with Crippen molar-refractivity contribution in [3.8, 4) is 0 Å². The van der Waals surface area contributed by atoms with Crippen molar-refractivity contribution in [2.24, 2.45) is 0 Å². The van der Waals surface area contributed by atoms with Crippen molar-refractivity contribution in [3.63, 3.8) is 0 Å². The molecule has 0 rings (SSSR count). The molecule has 0 spiro atoms. The summed E-state index contributed by atoms with van der Waals surface area (Å²) in [7, 11) is -1.64. The van der Waals surface area contributed by atoms with Gasteiger partial charge in [-0.2, -0.15) is 0 Å². The Kier molecular flexibility index (Phi) is 14.3. The fraction of sp³-hybridized carbons (Fsp3) is 0. The topological polar surface area (TPSA) is 0 Å². The van der Waals surface area contributed by atoms with Gasteiger partial charge in [0.1, 0.15) is 0 Å². The Morgan fingerprint density at radius 3 is 0.833 bits per heavy atom. The third-order valence-corrected chi connectivity index (χ3v) is 0. The molecule has 6 heteroatoms. The van der Waals surface area contributed by atoms with E-state index >= 15 is 0 Å². The Labute approximate surface area is 125 Å². The van der Waals surface area contributed by atoms with Gasteiger partial charge in [0.25, 0.3) is 0 Å². The van der Waals surface area contributed by atoms with Crippen LogP contribution in [0, 0.1) is 0 Å². The monoisotopic (exact) mass is 646 g/mol. The predicted molar refractivity (Wildman–Crippen MR) is 35.7 cm³/mol. The zero-order valence-electron chi connectivity index (χ0n) is 2.81. The van der Waals surface area contributed by atoms with Crippen LogP contribution in [-0.2, 0) is 8.59 Å². The summed E-state index contributed by atoms with van der Waals surface area (Å²) in [5, 5.41) is 0. The third-order valence-electron chi connectivity index (χ3n) is 0. The van der Waals surface area contributed by atoms with Gasteiger partial charge in [0.15, 0.2) is 0 Å². The smallest absolute Gasteiger partial charge is 1.00 e. The summed E-state index contributed by atoms with van der Waals surface area (Å²) in [5.41, 5.74) is 0. The van der Waals surface area contributed by atoms with Crippen LogP contribution in [0.2, 0.25) is 0 Å². The first-order chi connectivity index (χ1) is 2.00. The van der Waals surface area contributed by atoms with E-state index in [1.165, 1.54) is 0 Å². The Balaban J connectivity index is 0. The molecule has 0 N–H and O–H groups in total. The number of rotatable bonds is 0. The van der Waals surface area contributed by atoms with Crippen LogP contribution in [0.1, 0.15) is 0 Å². The van der Waals surface area contributed by atoms with Gasteiger partial charge in [-0.1, -0.05) is 0 Å². The van der Waals surface area contributed by atoms with E-state index < -0.39 is 8.59 Å². The second-order valence-electron chi connectivity index (χ2n) is 0.258. The Hall–Kier alpha value is 4.71. The van der Waals surface area contributed by atoms with E-state index in [2.05, 4.69) is 52.1 Å². The van der Waals surface area contributed by atoms with Gasteiger partial charge in [-0.3, -0.25) is 0 Å². The van der Waals surface area contributed by atoms with E-state index in [4.69, 9.17) is 0 Å². The fourth-order valence-corrected chi connectivity index (χ4v) is 0. The van der Waals surface area contributed by atoms with E-state index in [-0.39, 0.29) is 68.9 Å². The molecule has 40 valence electrons. The van der Waals surface area contributed by atoms with Crippen molar-refractivity contribution < 1.29 is 77.5 Å². The van der Waals surface area contributed by atoms with Crippen LogP contribution in [0.15, 0.2) is 0 Å². The number of hydrogen-bond acceptors (Lipinski definition) is 0. The number of hydrogen-bond donors (Lipinski definition) is 0. The largest absolute Gasteiger partial charge is 1.00 e. The molecule has 0 amide bonds. The standard InChI is InChI=1S/Au.4BrH.Cs/h;4*1H;/q+3;;;;;+1/p-4. The van der Waals surface area contributed by atoms with Crippen LogP contribution in [0.4, 0.5) is 0 Å². The van der Waals surface area contributed by atoms with Crippen molar-refractivity contribution in [1.29, 1.82) is 0 Å². The normalized spacial score (nSPS) is 12.7. The average Bonchev–Trinajstić information content (AvgIpc) is 0.722. The zero-order valence-corrected chi connectivity index (χ0v) is 17.6. The molecule has 0 aliphatic rings. The minimum atomic E-state index is -1.64. The average molecular weight is 649 g/mol. The minimum Gasteiger partial charge on any atom is 1.00 e. The van der Waals surface area contributed by atoms with E-state index in [9.17, 15) is 0 Å². The van der Waals surface area contributed by atoms with E-state index in [0.717, 1.165) is 0 Å². The molecule has 0 unspecified atom stereocenters. The van der Waals surface area contributed by atoms with Gasteiger partial charge in [0.2, 0.25) is 0 Å². The van der Waals surface area contributed by atoms with Crippen molar-refractivity contribution in [2.45, 2.75) is 0 Å². The molecule has 0 radical (unpaired) electrons. The number of halogens is 4. The SMILES string of the molecule is [Br][Au-]([Br])([Br])[Br].[Cs+]. The third kappa shape index (κ3) is 23.3. The first-order valence-corrected chi connectivity index (χ1v) is 19.4. The summed E-state index contributed by atoms with van der Waals surface area (Å²) >= 11 is 13.2. The van der Waals surface area contributed by atoms with Crippen molar-refractivity contribution >= 4 is 52.1 Å².